The topological polar surface area (TPSA) is 50.2 Å². The van der Waals surface area contributed by atoms with Gasteiger partial charge in [-0.25, -0.2) is 9.78 Å². The second kappa shape index (κ2) is 5.47. The summed E-state index contributed by atoms with van der Waals surface area (Å²) in [6.07, 6.45) is 1.04. The number of thiazole rings is 1. The summed E-state index contributed by atoms with van der Waals surface area (Å²) in [5, 5.41) is 13.6. The minimum absolute atomic E-state index is 0.323. The molecule has 0 spiro atoms. The summed E-state index contributed by atoms with van der Waals surface area (Å²) >= 11 is 4.78. The summed E-state index contributed by atoms with van der Waals surface area (Å²) in [7, 11) is 0. The molecule has 0 amide bonds. The van der Waals surface area contributed by atoms with Crippen molar-refractivity contribution in [2.45, 2.75) is 13.3 Å². The monoisotopic (exact) mass is 321 g/mol. The molecule has 3 rings (SSSR count). The van der Waals surface area contributed by atoms with Gasteiger partial charge in [0.15, 0.2) is 0 Å². The molecule has 0 aliphatic heterocycles. The van der Waals surface area contributed by atoms with Crippen LogP contribution in [-0.2, 0) is 6.42 Å². The lowest BCUT2D eigenvalue weighted by molar-refractivity contribution is 0.0697. The van der Waals surface area contributed by atoms with Crippen LogP contribution < -0.4 is 0 Å². The highest BCUT2D eigenvalue weighted by molar-refractivity contribution is 7.21. The van der Waals surface area contributed by atoms with Gasteiger partial charge >= 0.3 is 5.97 Å². The van der Waals surface area contributed by atoms with Gasteiger partial charge in [0, 0.05) is 15.6 Å². The molecule has 0 aliphatic carbocycles. The molecule has 3 aromatic heterocycles. The first-order valence-corrected chi connectivity index (χ1v) is 8.61. The van der Waals surface area contributed by atoms with Crippen molar-refractivity contribution in [3.63, 3.8) is 0 Å². The lowest BCUT2D eigenvalue weighted by Gasteiger charge is -1.90. The molecule has 0 aromatic carbocycles. The predicted octanol–water partition coefficient (Wildman–Crippen LogP) is 4.86. The Morgan fingerprint density at radius 2 is 2.10 bits per heavy atom. The van der Waals surface area contributed by atoms with Crippen molar-refractivity contribution in [3.8, 4) is 20.5 Å². The maximum absolute atomic E-state index is 10.9. The summed E-state index contributed by atoms with van der Waals surface area (Å²) in [6.45, 7) is 2.14. The number of carboxylic acid groups (broad SMARTS) is 1. The van der Waals surface area contributed by atoms with Gasteiger partial charge in [0.25, 0.3) is 0 Å². The summed E-state index contributed by atoms with van der Waals surface area (Å²) < 4.78 is 0. The predicted molar refractivity (Wildman–Crippen MR) is 85.1 cm³/mol. The van der Waals surface area contributed by atoms with E-state index in [9.17, 15) is 4.79 Å². The van der Waals surface area contributed by atoms with Crippen molar-refractivity contribution in [2.75, 3.05) is 0 Å². The van der Waals surface area contributed by atoms with Gasteiger partial charge in [-0.3, -0.25) is 0 Å². The largest absolute Gasteiger partial charge is 0.478 e. The van der Waals surface area contributed by atoms with Gasteiger partial charge in [-0.1, -0.05) is 6.92 Å². The number of carboxylic acids is 1. The zero-order chi connectivity index (χ0) is 14.1. The minimum atomic E-state index is -0.895. The fraction of sp³-hybridized carbons (Fsp3) is 0.143. The highest BCUT2D eigenvalue weighted by Gasteiger charge is 2.12. The van der Waals surface area contributed by atoms with Crippen molar-refractivity contribution in [1.29, 1.82) is 0 Å². The van der Waals surface area contributed by atoms with E-state index in [1.807, 2.05) is 5.38 Å². The highest BCUT2D eigenvalue weighted by atomic mass is 32.1. The highest BCUT2D eigenvalue weighted by Crippen LogP contribution is 2.35. The first-order valence-electron chi connectivity index (χ1n) is 6.04. The normalized spacial score (nSPS) is 10.8. The van der Waals surface area contributed by atoms with E-state index in [2.05, 4.69) is 24.0 Å². The van der Waals surface area contributed by atoms with E-state index in [-0.39, 0.29) is 0 Å². The van der Waals surface area contributed by atoms with Crippen molar-refractivity contribution in [3.05, 3.63) is 39.4 Å². The fourth-order valence-electron chi connectivity index (χ4n) is 1.77. The van der Waals surface area contributed by atoms with Crippen LogP contribution in [0.25, 0.3) is 20.5 Å². The molecule has 102 valence electrons. The number of aromatic nitrogens is 1. The molecular formula is C14H11NO2S3. The molecule has 0 bridgehead atoms. The SMILES string of the molecule is CCc1ccc(-c2nc(-c3cc(C(=O)O)cs3)cs2)s1. The number of rotatable bonds is 4. The lowest BCUT2D eigenvalue weighted by Crippen LogP contribution is -1.91. The Hall–Kier alpha value is -1.50. The Kier molecular flexibility index (Phi) is 3.69. The van der Waals surface area contributed by atoms with E-state index in [1.54, 1.807) is 34.1 Å². The number of thiophene rings is 2. The van der Waals surface area contributed by atoms with Gasteiger partial charge in [0.05, 0.1) is 21.0 Å². The first-order chi connectivity index (χ1) is 9.67. The molecule has 6 heteroatoms. The van der Waals surface area contributed by atoms with Gasteiger partial charge in [-0.2, -0.15) is 0 Å². The van der Waals surface area contributed by atoms with Crippen molar-refractivity contribution in [1.82, 2.24) is 4.98 Å². The average molecular weight is 321 g/mol. The third kappa shape index (κ3) is 2.54. The minimum Gasteiger partial charge on any atom is -0.478 e. The van der Waals surface area contributed by atoms with Gasteiger partial charge in [0.1, 0.15) is 5.01 Å². The van der Waals surface area contributed by atoms with Gasteiger partial charge in [-0.05, 0) is 24.6 Å². The van der Waals surface area contributed by atoms with Gasteiger partial charge in [0.2, 0.25) is 0 Å². The average Bonchev–Trinajstić information content (AvgIpc) is 3.17. The lowest BCUT2D eigenvalue weighted by atomic mass is 10.3. The third-order valence-corrected chi connectivity index (χ3v) is 6.02. The molecule has 0 saturated heterocycles. The number of carbonyl (C=O) groups is 1. The van der Waals surface area contributed by atoms with Crippen LogP contribution in [0.4, 0.5) is 0 Å². The van der Waals surface area contributed by atoms with Crippen molar-refractivity contribution < 1.29 is 9.90 Å². The molecule has 1 N–H and O–H groups in total. The van der Waals surface area contributed by atoms with Crippen LogP contribution in [0.5, 0.6) is 0 Å². The molecule has 3 aromatic rings. The van der Waals surface area contributed by atoms with Crippen LogP contribution in [-0.4, -0.2) is 16.1 Å². The molecule has 0 radical (unpaired) electrons. The quantitative estimate of drug-likeness (QED) is 0.746. The van der Waals surface area contributed by atoms with Crippen LogP contribution in [0.2, 0.25) is 0 Å². The number of aromatic carboxylic acids is 1. The molecule has 0 atom stereocenters. The number of aryl methyl sites for hydroxylation is 1. The number of hydrogen-bond acceptors (Lipinski definition) is 5. The van der Waals surface area contributed by atoms with Crippen LogP contribution in [0.3, 0.4) is 0 Å². The molecule has 0 saturated carbocycles. The van der Waals surface area contributed by atoms with Crippen LogP contribution >= 0.6 is 34.0 Å². The molecule has 20 heavy (non-hydrogen) atoms. The Morgan fingerprint density at radius 1 is 1.25 bits per heavy atom. The maximum Gasteiger partial charge on any atom is 0.336 e. The van der Waals surface area contributed by atoms with E-state index in [1.165, 1.54) is 21.1 Å². The smallest absolute Gasteiger partial charge is 0.336 e. The second-order valence-electron chi connectivity index (χ2n) is 4.16. The van der Waals surface area contributed by atoms with Gasteiger partial charge in [-0.15, -0.1) is 34.0 Å². The Balaban J connectivity index is 1.90. The Morgan fingerprint density at radius 3 is 2.75 bits per heavy atom. The van der Waals surface area contributed by atoms with Crippen LogP contribution in [0.15, 0.2) is 29.0 Å². The van der Waals surface area contributed by atoms with E-state index < -0.39 is 5.97 Å². The first kappa shape index (κ1) is 13.5. The standard InChI is InChI=1S/C14H11NO2S3/c1-2-9-3-4-11(20-9)13-15-10(7-19-13)12-5-8(6-18-12)14(16)17/h3-7H,2H2,1H3,(H,16,17). The third-order valence-electron chi connectivity index (χ3n) is 2.82. The molecular weight excluding hydrogens is 310 g/mol. The summed E-state index contributed by atoms with van der Waals surface area (Å²) in [5.74, 6) is -0.895. The fourth-order valence-corrected chi connectivity index (χ4v) is 4.52. The Bertz CT molecular complexity index is 754. The zero-order valence-electron chi connectivity index (χ0n) is 10.6. The maximum atomic E-state index is 10.9. The molecule has 3 heterocycles. The van der Waals surface area contributed by atoms with Crippen LogP contribution in [0, 0.1) is 0 Å². The van der Waals surface area contributed by atoms with E-state index >= 15 is 0 Å². The zero-order valence-corrected chi connectivity index (χ0v) is 13.1. The van der Waals surface area contributed by atoms with Crippen molar-refractivity contribution in [2.24, 2.45) is 0 Å². The van der Waals surface area contributed by atoms with E-state index in [4.69, 9.17) is 5.11 Å². The molecule has 0 unspecified atom stereocenters. The second-order valence-corrected chi connectivity index (χ2v) is 7.10. The summed E-state index contributed by atoms with van der Waals surface area (Å²) in [4.78, 5) is 18.9. The van der Waals surface area contributed by atoms with E-state index in [0.29, 0.717) is 5.56 Å². The molecule has 3 nitrogen and oxygen atoms in total. The summed E-state index contributed by atoms with van der Waals surface area (Å²) in [5.41, 5.74) is 1.18. The molecule has 0 fully saturated rings. The van der Waals surface area contributed by atoms with Crippen molar-refractivity contribution >= 4 is 40.0 Å². The summed E-state index contributed by atoms with van der Waals surface area (Å²) in [6, 6.07) is 5.91. The molecule has 0 aliphatic rings. The number of hydrogen-bond donors (Lipinski definition) is 1. The van der Waals surface area contributed by atoms with E-state index in [0.717, 1.165) is 22.0 Å². The van der Waals surface area contributed by atoms with Crippen LogP contribution in [0.1, 0.15) is 22.2 Å². The Labute approximate surface area is 128 Å². The van der Waals surface area contributed by atoms with Gasteiger partial charge < -0.3 is 5.11 Å². The number of nitrogens with zero attached hydrogens (tertiary/aromatic N) is 1.